The van der Waals surface area contributed by atoms with Crippen LogP contribution in [0.4, 0.5) is 0 Å². The van der Waals surface area contributed by atoms with Crippen LogP contribution in [0.5, 0.6) is 0 Å². The molecule has 8 heteroatoms. The molecule has 0 fully saturated rings. The Hall–Kier alpha value is -3.16. The lowest BCUT2D eigenvalue weighted by molar-refractivity contribution is -0.116. The van der Waals surface area contributed by atoms with E-state index in [4.69, 9.17) is 9.26 Å². The van der Waals surface area contributed by atoms with Gasteiger partial charge in [-0.15, -0.1) is 0 Å². The molecule has 2 aromatic heterocycles. The number of nitrogens with zero attached hydrogens (tertiary/aromatic N) is 2. The van der Waals surface area contributed by atoms with Gasteiger partial charge in [0.15, 0.2) is 5.76 Å². The molecule has 1 aliphatic rings. The quantitative estimate of drug-likeness (QED) is 0.656. The first-order valence-corrected chi connectivity index (χ1v) is 7.40. The number of aromatic amines is 1. The Morgan fingerprint density at radius 1 is 1.42 bits per heavy atom. The Bertz CT molecular complexity index is 859. The van der Waals surface area contributed by atoms with Crippen molar-refractivity contribution in [2.24, 2.45) is 5.10 Å². The van der Waals surface area contributed by atoms with Gasteiger partial charge in [-0.3, -0.25) is 4.79 Å². The number of amides is 1. The number of hydrazone groups is 1. The maximum absolute atomic E-state index is 12.1. The topological polar surface area (TPSA) is 110 Å². The van der Waals surface area contributed by atoms with Crippen LogP contribution in [0, 0.1) is 13.8 Å². The second-order valence-electron chi connectivity index (χ2n) is 5.22. The van der Waals surface area contributed by atoms with Crippen molar-refractivity contribution in [1.29, 1.82) is 0 Å². The van der Waals surface area contributed by atoms with Crippen molar-refractivity contribution in [2.45, 2.75) is 20.8 Å². The maximum Gasteiger partial charge on any atom is 0.340 e. The normalized spacial score (nSPS) is 15.5. The van der Waals surface area contributed by atoms with Crippen molar-refractivity contribution in [2.75, 3.05) is 6.61 Å². The molecule has 2 N–H and O–H groups in total. The third-order valence-corrected chi connectivity index (χ3v) is 3.68. The Morgan fingerprint density at radius 2 is 2.21 bits per heavy atom. The second kappa shape index (κ2) is 6.15. The Morgan fingerprint density at radius 3 is 2.88 bits per heavy atom. The molecule has 3 rings (SSSR count). The summed E-state index contributed by atoms with van der Waals surface area (Å²) in [4.78, 5) is 27.2. The number of aromatic nitrogens is 2. The summed E-state index contributed by atoms with van der Waals surface area (Å²) in [5.74, 6) is -0.370. The number of carbonyl (C=O) groups excluding carboxylic acids is 2. The van der Waals surface area contributed by atoms with Gasteiger partial charge in [-0.05, 0) is 32.4 Å². The van der Waals surface area contributed by atoms with E-state index in [0.29, 0.717) is 46.2 Å². The van der Waals surface area contributed by atoms with Gasteiger partial charge in [0, 0.05) is 17.5 Å². The lowest BCUT2D eigenvalue weighted by atomic mass is 10.0. The van der Waals surface area contributed by atoms with Gasteiger partial charge in [0.05, 0.1) is 23.9 Å². The average Bonchev–Trinajstić information content (AvgIpc) is 3.22. The van der Waals surface area contributed by atoms with Gasteiger partial charge in [-0.2, -0.15) is 5.10 Å². The predicted octanol–water partition coefficient (Wildman–Crippen LogP) is 1.71. The van der Waals surface area contributed by atoms with Crippen molar-refractivity contribution in [3.8, 4) is 0 Å². The molecule has 0 saturated carbocycles. The molecule has 0 spiro atoms. The standard InChI is InChI=1S/C16H16N4O4/c1-4-23-16(22)13-8(2)11(18-9(13)3)7-10-14(19-20-15(10)21)12-5-6-17-24-12/h5-7,18H,4H2,1-3H3,(H,20,21). The molecule has 0 unspecified atom stereocenters. The first-order valence-electron chi connectivity index (χ1n) is 7.40. The number of H-pyrrole nitrogens is 1. The summed E-state index contributed by atoms with van der Waals surface area (Å²) in [7, 11) is 0. The highest BCUT2D eigenvalue weighted by molar-refractivity contribution is 6.32. The van der Waals surface area contributed by atoms with E-state index in [-0.39, 0.29) is 5.91 Å². The summed E-state index contributed by atoms with van der Waals surface area (Å²) in [5, 5.41) is 7.59. The van der Waals surface area contributed by atoms with Gasteiger partial charge in [0.2, 0.25) is 0 Å². The molecule has 0 radical (unpaired) electrons. The third kappa shape index (κ3) is 2.62. The van der Waals surface area contributed by atoms with Gasteiger partial charge < -0.3 is 14.2 Å². The fraction of sp³-hybridized carbons (Fsp3) is 0.250. The number of esters is 1. The van der Waals surface area contributed by atoms with Crippen molar-refractivity contribution in [1.82, 2.24) is 15.6 Å². The van der Waals surface area contributed by atoms with E-state index in [1.165, 1.54) is 6.20 Å². The molecule has 1 amide bonds. The van der Waals surface area contributed by atoms with Gasteiger partial charge in [0.25, 0.3) is 5.91 Å². The van der Waals surface area contributed by atoms with Gasteiger partial charge in [-0.25, -0.2) is 10.2 Å². The molecular weight excluding hydrogens is 312 g/mol. The summed E-state index contributed by atoms with van der Waals surface area (Å²) >= 11 is 0. The van der Waals surface area contributed by atoms with Crippen LogP contribution in [0.2, 0.25) is 0 Å². The lowest BCUT2D eigenvalue weighted by Gasteiger charge is -2.02. The average molecular weight is 328 g/mol. The highest BCUT2D eigenvalue weighted by Gasteiger charge is 2.27. The second-order valence-corrected chi connectivity index (χ2v) is 5.22. The van der Waals surface area contributed by atoms with Crippen LogP contribution >= 0.6 is 0 Å². The lowest BCUT2D eigenvalue weighted by Crippen LogP contribution is -2.13. The maximum atomic E-state index is 12.1. The number of hydrogen-bond donors (Lipinski definition) is 2. The van der Waals surface area contributed by atoms with E-state index >= 15 is 0 Å². The summed E-state index contributed by atoms with van der Waals surface area (Å²) in [6.07, 6.45) is 3.11. The summed E-state index contributed by atoms with van der Waals surface area (Å²) in [5.41, 5.74) is 5.57. The van der Waals surface area contributed by atoms with E-state index in [2.05, 4.69) is 20.7 Å². The number of rotatable bonds is 4. The molecule has 0 atom stereocenters. The van der Waals surface area contributed by atoms with Crippen LogP contribution in [0.25, 0.3) is 6.08 Å². The fourth-order valence-electron chi connectivity index (χ4n) is 2.57. The zero-order valence-electron chi connectivity index (χ0n) is 13.5. The molecule has 124 valence electrons. The van der Waals surface area contributed by atoms with Gasteiger partial charge in [0.1, 0.15) is 5.71 Å². The molecule has 0 saturated heterocycles. The van der Waals surface area contributed by atoms with E-state index in [0.717, 1.165) is 0 Å². The molecule has 2 aromatic rings. The van der Waals surface area contributed by atoms with Crippen LogP contribution in [-0.2, 0) is 9.53 Å². The minimum absolute atomic E-state index is 0.296. The van der Waals surface area contributed by atoms with E-state index in [1.54, 1.807) is 32.9 Å². The smallest absolute Gasteiger partial charge is 0.340 e. The number of nitrogens with one attached hydrogen (secondary N) is 2. The molecular formula is C16H16N4O4. The van der Waals surface area contributed by atoms with Crippen LogP contribution in [0.1, 0.15) is 40.0 Å². The molecule has 0 bridgehead atoms. The predicted molar refractivity (Wildman–Crippen MR) is 85.4 cm³/mol. The first-order chi connectivity index (χ1) is 11.5. The minimum atomic E-state index is -0.395. The third-order valence-electron chi connectivity index (χ3n) is 3.68. The van der Waals surface area contributed by atoms with Crippen LogP contribution < -0.4 is 5.43 Å². The van der Waals surface area contributed by atoms with Gasteiger partial charge in [-0.1, -0.05) is 5.16 Å². The highest BCUT2D eigenvalue weighted by Crippen LogP contribution is 2.23. The van der Waals surface area contributed by atoms with Crippen molar-refractivity contribution in [3.05, 3.63) is 46.1 Å². The van der Waals surface area contributed by atoms with Crippen LogP contribution in [0.3, 0.4) is 0 Å². The summed E-state index contributed by atoms with van der Waals surface area (Å²) in [6.45, 7) is 5.62. The molecule has 3 heterocycles. The van der Waals surface area contributed by atoms with Crippen molar-refractivity contribution < 1.29 is 18.8 Å². The van der Waals surface area contributed by atoms with Gasteiger partial charge >= 0.3 is 5.97 Å². The van der Waals surface area contributed by atoms with E-state index in [9.17, 15) is 9.59 Å². The Labute approximate surface area is 137 Å². The SMILES string of the molecule is CCOC(=O)c1c(C)[nH]c(C=C2C(=O)NN=C2c2ccno2)c1C. The zero-order valence-corrected chi connectivity index (χ0v) is 13.5. The fourth-order valence-corrected chi connectivity index (χ4v) is 2.57. The first kappa shape index (κ1) is 15.7. The Kier molecular flexibility index (Phi) is 4.03. The monoisotopic (exact) mass is 328 g/mol. The highest BCUT2D eigenvalue weighted by atomic mass is 16.5. The van der Waals surface area contributed by atoms with Crippen molar-refractivity contribution >= 4 is 23.7 Å². The van der Waals surface area contributed by atoms with Crippen LogP contribution in [0.15, 0.2) is 27.5 Å². The van der Waals surface area contributed by atoms with Crippen LogP contribution in [-0.4, -0.2) is 34.3 Å². The van der Waals surface area contributed by atoms with E-state index < -0.39 is 5.97 Å². The Balaban J connectivity index is 2.02. The molecule has 8 nitrogen and oxygen atoms in total. The molecule has 0 aliphatic carbocycles. The molecule has 1 aliphatic heterocycles. The van der Waals surface area contributed by atoms with E-state index in [1.807, 2.05) is 0 Å². The number of ether oxygens (including phenoxy) is 1. The molecule has 24 heavy (non-hydrogen) atoms. The largest absolute Gasteiger partial charge is 0.462 e. The molecule has 0 aromatic carbocycles. The summed E-state index contributed by atoms with van der Waals surface area (Å²) < 4.78 is 10.1. The number of hydrogen-bond acceptors (Lipinski definition) is 6. The zero-order chi connectivity index (χ0) is 17.3. The number of carbonyl (C=O) groups is 2. The summed E-state index contributed by atoms with van der Waals surface area (Å²) in [6, 6.07) is 1.61. The number of aryl methyl sites for hydroxylation is 1. The minimum Gasteiger partial charge on any atom is -0.462 e. The van der Waals surface area contributed by atoms with Crippen molar-refractivity contribution in [3.63, 3.8) is 0 Å².